The highest BCUT2D eigenvalue weighted by Gasteiger charge is 2.28. The highest BCUT2D eigenvalue weighted by atomic mass is 32.2. The maximum absolute atomic E-state index is 12.6. The Morgan fingerprint density at radius 2 is 1.81 bits per heavy atom. The van der Waals surface area contributed by atoms with Crippen molar-refractivity contribution in [3.63, 3.8) is 0 Å². The lowest BCUT2D eigenvalue weighted by Gasteiger charge is -2.26. The third kappa shape index (κ3) is 6.16. The summed E-state index contributed by atoms with van der Waals surface area (Å²) in [7, 11) is -3.90. The largest absolute Gasteiger partial charge is 0.468 e. The van der Waals surface area contributed by atoms with E-state index in [2.05, 4.69) is 20.3 Å². The SMILES string of the molecule is CC(=O)Nc1ccc(S(=O)(=O)N[C@@H](C)C(=O)NCC(c2ccco2)N2CCCC2)cc1. The molecule has 2 amide bonds. The van der Waals surface area contributed by atoms with Crippen molar-refractivity contribution < 1.29 is 22.4 Å². The van der Waals surface area contributed by atoms with Crippen LogP contribution in [0.25, 0.3) is 0 Å². The molecule has 0 radical (unpaired) electrons. The Labute approximate surface area is 182 Å². The summed E-state index contributed by atoms with van der Waals surface area (Å²) in [5, 5.41) is 5.41. The smallest absolute Gasteiger partial charge is 0.241 e. The Morgan fingerprint density at radius 3 is 2.39 bits per heavy atom. The van der Waals surface area contributed by atoms with Gasteiger partial charge in [0.25, 0.3) is 0 Å². The van der Waals surface area contributed by atoms with Crippen LogP contribution in [0.15, 0.2) is 52.0 Å². The van der Waals surface area contributed by atoms with Crippen molar-refractivity contribution >= 4 is 27.5 Å². The minimum Gasteiger partial charge on any atom is -0.468 e. The van der Waals surface area contributed by atoms with E-state index in [0.717, 1.165) is 31.7 Å². The number of likely N-dealkylation sites (tertiary alicyclic amines) is 1. The van der Waals surface area contributed by atoms with Crippen molar-refractivity contribution in [2.45, 2.75) is 43.7 Å². The summed E-state index contributed by atoms with van der Waals surface area (Å²) in [6.07, 6.45) is 3.80. The van der Waals surface area contributed by atoms with E-state index < -0.39 is 22.0 Å². The van der Waals surface area contributed by atoms with Gasteiger partial charge in [-0.3, -0.25) is 14.5 Å². The van der Waals surface area contributed by atoms with E-state index in [4.69, 9.17) is 4.42 Å². The van der Waals surface area contributed by atoms with Crippen LogP contribution in [-0.4, -0.2) is 50.8 Å². The zero-order chi connectivity index (χ0) is 22.4. The Kier molecular flexibility index (Phi) is 7.47. The van der Waals surface area contributed by atoms with Crippen LogP contribution >= 0.6 is 0 Å². The summed E-state index contributed by atoms with van der Waals surface area (Å²) in [5.74, 6) is 0.102. The molecule has 3 rings (SSSR count). The Bertz CT molecular complexity index is 983. The summed E-state index contributed by atoms with van der Waals surface area (Å²) in [5.41, 5.74) is 0.489. The first-order chi connectivity index (χ1) is 14.8. The quantitative estimate of drug-likeness (QED) is 0.538. The molecule has 3 N–H and O–H groups in total. The molecule has 0 saturated carbocycles. The fraction of sp³-hybridized carbons (Fsp3) is 0.429. The van der Waals surface area contributed by atoms with E-state index in [1.54, 1.807) is 6.26 Å². The van der Waals surface area contributed by atoms with Crippen LogP contribution < -0.4 is 15.4 Å². The van der Waals surface area contributed by atoms with Crippen molar-refractivity contribution in [1.82, 2.24) is 14.9 Å². The van der Waals surface area contributed by atoms with E-state index in [9.17, 15) is 18.0 Å². The Morgan fingerprint density at radius 1 is 1.13 bits per heavy atom. The minimum absolute atomic E-state index is 0.00628. The highest BCUT2D eigenvalue weighted by molar-refractivity contribution is 7.89. The number of carbonyl (C=O) groups is 2. The average Bonchev–Trinajstić information content (AvgIpc) is 3.42. The van der Waals surface area contributed by atoms with Gasteiger partial charge >= 0.3 is 0 Å². The topological polar surface area (TPSA) is 121 Å². The summed E-state index contributed by atoms with van der Waals surface area (Å²) in [4.78, 5) is 25.9. The first-order valence-corrected chi connectivity index (χ1v) is 11.7. The number of amides is 2. The molecule has 0 spiro atoms. The summed E-state index contributed by atoms with van der Waals surface area (Å²) < 4.78 is 33.2. The van der Waals surface area contributed by atoms with Gasteiger partial charge in [-0.25, -0.2) is 8.42 Å². The van der Waals surface area contributed by atoms with Crippen LogP contribution in [0.2, 0.25) is 0 Å². The van der Waals surface area contributed by atoms with E-state index >= 15 is 0 Å². The maximum Gasteiger partial charge on any atom is 0.241 e. The summed E-state index contributed by atoms with van der Waals surface area (Å²) >= 11 is 0. The van der Waals surface area contributed by atoms with Crippen LogP contribution in [0.5, 0.6) is 0 Å². The normalized spacial score (nSPS) is 16.6. The first kappa shape index (κ1) is 23.0. The fourth-order valence-corrected chi connectivity index (χ4v) is 4.77. The molecule has 1 saturated heterocycles. The van der Waals surface area contributed by atoms with Crippen molar-refractivity contribution in [3.8, 4) is 0 Å². The molecule has 1 aromatic carbocycles. The lowest BCUT2D eigenvalue weighted by atomic mass is 10.2. The molecule has 1 aromatic heterocycles. The molecular weight excluding hydrogens is 420 g/mol. The first-order valence-electron chi connectivity index (χ1n) is 10.2. The van der Waals surface area contributed by atoms with Crippen molar-refractivity contribution in [1.29, 1.82) is 0 Å². The molecule has 1 fully saturated rings. The van der Waals surface area contributed by atoms with E-state index in [1.807, 2.05) is 12.1 Å². The van der Waals surface area contributed by atoms with E-state index in [-0.39, 0.29) is 16.8 Å². The van der Waals surface area contributed by atoms with Crippen LogP contribution in [0.1, 0.15) is 38.5 Å². The van der Waals surface area contributed by atoms with Crippen LogP contribution in [-0.2, 0) is 19.6 Å². The predicted molar refractivity (Wildman–Crippen MR) is 116 cm³/mol. The maximum atomic E-state index is 12.6. The minimum atomic E-state index is -3.90. The number of benzene rings is 1. The van der Waals surface area contributed by atoms with Gasteiger partial charge in [0.2, 0.25) is 21.8 Å². The molecule has 9 nitrogen and oxygen atoms in total. The second kappa shape index (κ2) is 10.1. The number of sulfonamides is 1. The van der Waals surface area contributed by atoms with Crippen LogP contribution in [0.4, 0.5) is 5.69 Å². The van der Waals surface area contributed by atoms with Gasteiger partial charge in [-0.05, 0) is 69.3 Å². The fourth-order valence-electron chi connectivity index (χ4n) is 3.57. The molecule has 0 aliphatic carbocycles. The Hall–Kier alpha value is -2.69. The number of hydrogen-bond acceptors (Lipinski definition) is 6. The monoisotopic (exact) mass is 448 g/mol. The molecule has 2 aromatic rings. The van der Waals surface area contributed by atoms with Crippen molar-refractivity contribution in [2.24, 2.45) is 0 Å². The second-order valence-electron chi connectivity index (χ2n) is 7.57. The number of nitrogens with zero attached hydrogens (tertiary/aromatic N) is 1. The third-order valence-electron chi connectivity index (χ3n) is 5.13. The number of anilines is 1. The number of carbonyl (C=O) groups excluding carboxylic acids is 2. The van der Waals surface area contributed by atoms with Gasteiger partial charge in [-0.1, -0.05) is 0 Å². The third-order valence-corrected chi connectivity index (χ3v) is 6.69. The molecule has 31 heavy (non-hydrogen) atoms. The van der Waals surface area contributed by atoms with Gasteiger partial charge in [-0.2, -0.15) is 4.72 Å². The van der Waals surface area contributed by atoms with Gasteiger partial charge in [-0.15, -0.1) is 0 Å². The lowest BCUT2D eigenvalue weighted by molar-refractivity contribution is -0.122. The molecule has 1 unspecified atom stereocenters. The summed E-state index contributed by atoms with van der Waals surface area (Å²) in [6, 6.07) is 8.37. The standard InChI is InChI=1S/C21H28N4O5S/c1-15(24-31(28,29)18-9-7-17(8-10-18)23-16(2)26)21(27)22-14-19(20-6-5-13-30-20)25-11-3-4-12-25/h5-10,13,15,19,24H,3-4,11-12,14H2,1-2H3,(H,22,27)(H,23,26)/t15-,19?/m0/s1. The number of rotatable bonds is 9. The van der Waals surface area contributed by atoms with Gasteiger partial charge in [0.1, 0.15) is 5.76 Å². The molecule has 2 heterocycles. The number of nitrogens with one attached hydrogen (secondary N) is 3. The molecule has 1 aliphatic heterocycles. The molecule has 10 heteroatoms. The molecular formula is C21H28N4O5S. The zero-order valence-corrected chi connectivity index (χ0v) is 18.4. The Balaban J connectivity index is 1.59. The highest BCUT2D eigenvalue weighted by Crippen LogP contribution is 2.25. The number of hydrogen-bond donors (Lipinski definition) is 3. The lowest BCUT2D eigenvalue weighted by Crippen LogP contribution is -2.47. The van der Waals surface area contributed by atoms with Crippen molar-refractivity contribution in [3.05, 3.63) is 48.4 Å². The van der Waals surface area contributed by atoms with Gasteiger partial charge < -0.3 is 15.1 Å². The van der Waals surface area contributed by atoms with E-state index in [0.29, 0.717) is 12.2 Å². The van der Waals surface area contributed by atoms with Crippen LogP contribution in [0, 0.1) is 0 Å². The molecule has 2 atom stereocenters. The summed E-state index contributed by atoms with van der Waals surface area (Å²) in [6.45, 7) is 5.04. The van der Waals surface area contributed by atoms with Gasteiger partial charge in [0.05, 0.1) is 23.2 Å². The molecule has 0 bridgehead atoms. The molecule has 168 valence electrons. The second-order valence-corrected chi connectivity index (χ2v) is 9.28. The van der Waals surface area contributed by atoms with Gasteiger partial charge in [0, 0.05) is 19.2 Å². The average molecular weight is 449 g/mol. The van der Waals surface area contributed by atoms with Crippen LogP contribution in [0.3, 0.4) is 0 Å². The zero-order valence-electron chi connectivity index (χ0n) is 17.6. The van der Waals surface area contributed by atoms with Crippen molar-refractivity contribution in [2.75, 3.05) is 25.0 Å². The van der Waals surface area contributed by atoms with Gasteiger partial charge in [0.15, 0.2) is 0 Å². The molecule has 1 aliphatic rings. The van der Waals surface area contributed by atoms with E-state index in [1.165, 1.54) is 38.1 Å². The number of furan rings is 1. The predicted octanol–water partition coefficient (Wildman–Crippen LogP) is 1.86.